The Morgan fingerprint density at radius 1 is 1.07 bits per heavy atom. The van der Waals surface area contributed by atoms with E-state index in [9.17, 15) is 29.4 Å². The van der Waals surface area contributed by atoms with Crippen molar-refractivity contribution in [1.82, 2.24) is 25.9 Å². The van der Waals surface area contributed by atoms with Crippen molar-refractivity contribution in [2.24, 2.45) is 11.8 Å². The number of aromatic nitrogens is 2. The van der Waals surface area contributed by atoms with E-state index >= 15 is 0 Å². The first-order chi connectivity index (χ1) is 21.4. The summed E-state index contributed by atoms with van der Waals surface area (Å²) in [4.78, 5) is 55.6. The Kier molecular flexibility index (Phi) is 8.07. The van der Waals surface area contributed by atoms with E-state index in [1.54, 1.807) is 6.08 Å². The molecule has 11 nitrogen and oxygen atoms in total. The van der Waals surface area contributed by atoms with Gasteiger partial charge >= 0.3 is 11.9 Å². The molecule has 6 rings (SSSR count). The van der Waals surface area contributed by atoms with Crippen LogP contribution >= 0.6 is 11.8 Å². The molecular formula is C33H39N5O6S. The number of hydrogen-bond acceptors (Lipinski definition) is 6. The highest BCUT2D eigenvalue weighted by molar-refractivity contribution is 8.06. The third-order valence-corrected chi connectivity index (χ3v) is 10.9. The molecule has 2 aromatic rings. The SMILES string of the molecule is C=CC1=C(C)[C@@H](Cc2[nH]c(Cc3[nH]c(/C=C4\NC(=O)[C@H](C)[C@H]4[C@H]4CS4)c(C)c3CCC(=O)O)c([C@@H]3N[C@@H]3C(=O)O)c2C)NC1=O. The normalized spacial score (nSPS) is 28.0. The fourth-order valence-corrected chi connectivity index (χ4v) is 7.99. The van der Waals surface area contributed by atoms with Gasteiger partial charge in [-0.2, -0.15) is 11.8 Å². The maximum Gasteiger partial charge on any atom is 0.322 e. The van der Waals surface area contributed by atoms with Gasteiger partial charge in [-0.05, 0) is 61.1 Å². The van der Waals surface area contributed by atoms with Crippen LogP contribution in [0.1, 0.15) is 71.3 Å². The van der Waals surface area contributed by atoms with E-state index < -0.39 is 18.0 Å². The summed E-state index contributed by atoms with van der Waals surface area (Å²) in [6, 6.07) is -1.29. The Morgan fingerprint density at radius 2 is 1.80 bits per heavy atom. The quantitative estimate of drug-likeness (QED) is 0.174. The Bertz CT molecular complexity index is 1690. The molecule has 4 aliphatic heterocycles. The molecule has 6 atom stereocenters. The Morgan fingerprint density at radius 3 is 2.40 bits per heavy atom. The smallest absolute Gasteiger partial charge is 0.322 e. The number of aliphatic carboxylic acids is 2. The highest BCUT2D eigenvalue weighted by atomic mass is 32.2. The minimum absolute atomic E-state index is 0.0157. The lowest BCUT2D eigenvalue weighted by molar-refractivity contribution is -0.137. The number of aromatic amines is 2. The largest absolute Gasteiger partial charge is 0.481 e. The maximum atomic E-state index is 12.6. The number of carboxylic acid groups (broad SMARTS) is 2. The molecule has 2 aromatic heterocycles. The number of carbonyl (C=O) groups excluding carboxylic acids is 2. The predicted molar refractivity (Wildman–Crippen MR) is 171 cm³/mol. The highest BCUT2D eigenvalue weighted by Crippen LogP contribution is 2.46. The number of rotatable bonds is 12. The fraction of sp³-hybridized carbons (Fsp3) is 0.455. The van der Waals surface area contributed by atoms with Gasteiger partial charge in [0.15, 0.2) is 0 Å². The Hall–Kier alpha value is -4.03. The standard InChI is InChI=1S/C33H39N5O6S/c1-6-17-13(2)20(36-32(17)42)9-21-15(4)28(29-30(38-29)33(43)44)24(35-21)11-22-18(7-8-26(39)40)14(3)19(34-22)10-23-27(25-12-45-25)16(5)31(41)37-23/h6,10,16,20,25,27,29-30,34-35,38H,1,7-9,11-12H2,2-5H3,(H,36,42)(H,37,41)(H,39,40)(H,43,44)/b23-10-/t16-,20-,25-,27-,29+,30+/m1/s1. The molecule has 0 spiro atoms. The summed E-state index contributed by atoms with van der Waals surface area (Å²) in [5, 5.41) is 28.8. The summed E-state index contributed by atoms with van der Waals surface area (Å²) in [5.74, 6) is -0.932. The lowest BCUT2D eigenvalue weighted by atomic mass is 9.91. The predicted octanol–water partition coefficient (Wildman–Crippen LogP) is 3.05. The van der Waals surface area contributed by atoms with Crippen molar-refractivity contribution in [3.05, 3.63) is 74.5 Å². The molecule has 0 saturated carbocycles. The second kappa shape index (κ2) is 11.7. The second-order valence-corrected chi connectivity index (χ2v) is 13.9. The van der Waals surface area contributed by atoms with E-state index in [2.05, 4.69) is 32.5 Å². The maximum absolute atomic E-state index is 12.6. The van der Waals surface area contributed by atoms with Crippen LogP contribution in [0.2, 0.25) is 0 Å². The zero-order valence-corrected chi connectivity index (χ0v) is 26.6. The highest BCUT2D eigenvalue weighted by Gasteiger charge is 2.47. The van der Waals surface area contributed by atoms with Gasteiger partial charge in [0.05, 0.1) is 12.1 Å². The third kappa shape index (κ3) is 5.77. The van der Waals surface area contributed by atoms with Gasteiger partial charge in [0.25, 0.3) is 5.91 Å². The second-order valence-electron chi connectivity index (χ2n) is 12.6. The van der Waals surface area contributed by atoms with Gasteiger partial charge in [-0.25, -0.2) is 0 Å². The van der Waals surface area contributed by atoms with E-state index in [-0.39, 0.29) is 42.2 Å². The molecule has 3 saturated heterocycles. The first-order valence-corrected chi connectivity index (χ1v) is 16.3. The van der Waals surface area contributed by atoms with Crippen LogP contribution in [0.25, 0.3) is 6.08 Å². The van der Waals surface area contributed by atoms with Gasteiger partial charge in [-0.3, -0.25) is 24.5 Å². The van der Waals surface area contributed by atoms with E-state index in [4.69, 9.17) is 0 Å². The summed E-state index contributed by atoms with van der Waals surface area (Å²) in [6.45, 7) is 11.6. The number of thioether (sulfide) groups is 1. The number of hydrogen-bond donors (Lipinski definition) is 7. The summed E-state index contributed by atoms with van der Waals surface area (Å²) in [5.41, 5.74) is 9.42. The fourth-order valence-electron chi connectivity index (χ4n) is 7.08. The van der Waals surface area contributed by atoms with Crippen molar-refractivity contribution in [2.45, 2.75) is 76.8 Å². The molecule has 0 bridgehead atoms. The van der Waals surface area contributed by atoms with E-state index in [1.807, 2.05) is 45.5 Å². The van der Waals surface area contributed by atoms with Gasteiger partial charge in [-0.1, -0.05) is 19.6 Å². The summed E-state index contributed by atoms with van der Waals surface area (Å²) >= 11 is 1.85. The summed E-state index contributed by atoms with van der Waals surface area (Å²) in [6.07, 6.45) is 4.75. The van der Waals surface area contributed by atoms with Crippen LogP contribution in [0.15, 0.2) is 29.5 Å². The average Bonchev–Trinajstić information content (AvgIpc) is 3.87. The zero-order valence-electron chi connectivity index (χ0n) is 25.8. The number of H-pyrrole nitrogens is 2. The molecule has 4 aliphatic rings. The molecule has 0 radical (unpaired) electrons. The molecule has 0 unspecified atom stereocenters. The van der Waals surface area contributed by atoms with Crippen LogP contribution < -0.4 is 16.0 Å². The molecule has 0 aromatic carbocycles. The zero-order chi connectivity index (χ0) is 32.3. The number of carboxylic acids is 2. The number of carbonyl (C=O) groups is 4. The number of allylic oxidation sites excluding steroid dienone is 1. The minimum Gasteiger partial charge on any atom is -0.481 e. The first kappa shape index (κ1) is 31.0. The molecule has 238 valence electrons. The van der Waals surface area contributed by atoms with Gasteiger partial charge in [-0.15, -0.1) is 0 Å². The summed E-state index contributed by atoms with van der Waals surface area (Å²) < 4.78 is 0. The van der Waals surface area contributed by atoms with Gasteiger partial charge < -0.3 is 30.8 Å². The van der Waals surface area contributed by atoms with Crippen molar-refractivity contribution >= 4 is 41.6 Å². The third-order valence-electron chi connectivity index (χ3n) is 9.84. The molecule has 2 amide bonds. The lowest BCUT2D eigenvalue weighted by Crippen LogP contribution is -2.30. The van der Waals surface area contributed by atoms with Crippen molar-refractivity contribution in [1.29, 1.82) is 0 Å². The molecular weight excluding hydrogens is 594 g/mol. The van der Waals surface area contributed by atoms with Gasteiger partial charge in [0.2, 0.25) is 5.91 Å². The van der Waals surface area contributed by atoms with E-state index in [0.717, 1.165) is 62.1 Å². The van der Waals surface area contributed by atoms with Crippen LogP contribution in [0.4, 0.5) is 0 Å². The van der Waals surface area contributed by atoms with Gasteiger partial charge in [0.1, 0.15) is 6.04 Å². The van der Waals surface area contributed by atoms with Crippen LogP contribution in [0, 0.1) is 25.7 Å². The van der Waals surface area contributed by atoms with Gasteiger partial charge in [0, 0.05) is 76.1 Å². The summed E-state index contributed by atoms with van der Waals surface area (Å²) in [7, 11) is 0. The van der Waals surface area contributed by atoms with Crippen molar-refractivity contribution < 1.29 is 29.4 Å². The first-order valence-electron chi connectivity index (χ1n) is 15.3. The van der Waals surface area contributed by atoms with Crippen molar-refractivity contribution in [3.8, 4) is 0 Å². The van der Waals surface area contributed by atoms with Crippen molar-refractivity contribution in [3.63, 3.8) is 0 Å². The molecule has 12 heteroatoms. The molecule has 3 fully saturated rings. The lowest BCUT2D eigenvalue weighted by Gasteiger charge is -2.12. The molecule has 6 heterocycles. The van der Waals surface area contributed by atoms with E-state index in [0.29, 0.717) is 30.1 Å². The molecule has 0 aliphatic carbocycles. The Balaban J connectivity index is 1.38. The number of nitrogens with one attached hydrogen (secondary N) is 5. The monoisotopic (exact) mass is 633 g/mol. The van der Waals surface area contributed by atoms with Crippen LogP contribution in [0.3, 0.4) is 0 Å². The van der Waals surface area contributed by atoms with Crippen molar-refractivity contribution in [2.75, 3.05) is 5.75 Å². The Labute approximate surface area is 265 Å². The van der Waals surface area contributed by atoms with Crippen LogP contribution in [-0.2, 0) is 38.4 Å². The van der Waals surface area contributed by atoms with E-state index in [1.165, 1.54) is 0 Å². The van der Waals surface area contributed by atoms with Crippen LogP contribution in [-0.4, -0.2) is 67.0 Å². The molecule has 7 N–H and O–H groups in total. The number of amides is 2. The minimum atomic E-state index is -0.923. The molecule has 45 heavy (non-hydrogen) atoms. The topological polar surface area (TPSA) is 186 Å². The van der Waals surface area contributed by atoms with Crippen LogP contribution in [0.5, 0.6) is 0 Å². The average molecular weight is 634 g/mol.